The third-order valence-electron chi connectivity index (χ3n) is 2.11. The van der Waals surface area contributed by atoms with Gasteiger partial charge in [-0.25, -0.2) is 9.78 Å². The number of aromatic nitrogens is 1. The van der Waals surface area contributed by atoms with Crippen molar-refractivity contribution in [1.29, 1.82) is 0 Å². The van der Waals surface area contributed by atoms with E-state index in [1.807, 2.05) is 0 Å². The summed E-state index contributed by atoms with van der Waals surface area (Å²) in [6.45, 7) is 1.75. The lowest BCUT2D eigenvalue weighted by molar-refractivity contribution is 0.0689. The van der Waals surface area contributed by atoms with Crippen molar-refractivity contribution in [1.82, 2.24) is 9.88 Å². The number of carbonyl (C=O) groups is 2. The van der Waals surface area contributed by atoms with E-state index in [0.717, 1.165) is 0 Å². The molecule has 0 fully saturated rings. The maximum absolute atomic E-state index is 11.8. The van der Waals surface area contributed by atoms with Crippen molar-refractivity contribution in [3.63, 3.8) is 0 Å². The van der Waals surface area contributed by atoms with Crippen molar-refractivity contribution in [3.8, 4) is 0 Å². The summed E-state index contributed by atoms with van der Waals surface area (Å²) >= 11 is 0. The molecule has 0 saturated carbocycles. The average Bonchev–Trinajstić information content (AvgIpc) is 2.27. The molecule has 1 amide bonds. The van der Waals surface area contributed by atoms with Gasteiger partial charge < -0.3 is 15.1 Å². The van der Waals surface area contributed by atoms with Gasteiger partial charge in [0.05, 0.1) is 6.10 Å². The summed E-state index contributed by atoms with van der Waals surface area (Å²) in [5.41, 5.74) is 0.0573. The highest BCUT2D eigenvalue weighted by atomic mass is 16.4. The lowest BCUT2D eigenvalue weighted by atomic mass is 10.2. The summed E-state index contributed by atoms with van der Waals surface area (Å²) in [5.74, 6) is -1.53. The number of aromatic carboxylic acids is 1. The van der Waals surface area contributed by atoms with Gasteiger partial charge in [0.2, 0.25) is 0 Å². The molecule has 2 N–H and O–H groups in total. The number of nitrogens with zero attached hydrogens (tertiary/aromatic N) is 2. The Labute approximate surface area is 98.5 Å². The topological polar surface area (TPSA) is 90.7 Å². The van der Waals surface area contributed by atoms with Gasteiger partial charge in [0.1, 0.15) is 5.69 Å². The molecule has 17 heavy (non-hydrogen) atoms. The standard InChI is InChI=1S/C11H14N2O4/c1-7(14)6-13(2)10(15)8-3-4-12-9(5-8)11(16)17/h3-5,7,14H,6H2,1-2H3,(H,16,17). The summed E-state index contributed by atoms with van der Waals surface area (Å²) in [6.07, 6.45) is 0.636. The summed E-state index contributed by atoms with van der Waals surface area (Å²) in [5, 5.41) is 17.9. The molecule has 0 aliphatic carbocycles. The van der Waals surface area contributed by atoms with Crippen molar-refractivity contribution in [2.75, 3.05) is 13.6 Å². The van der Waals surface area contributed by atoms with Gasteiger partial charge in [-0.1, -0.05) is 0 Å². The molecule has 0 bridgehead atoms. The van der Waals surface area contributed by atoms with E-state index in [0.29, 0.717) is 0 Å². The molecule has 1 aromatic heterocycles. The van der Waals surface area contributed by atoms with E-state index in [4.69, 9.17) is 10.2 Å². The number of pyridine rings is 1. The number of carbonyl (C=O) groups excluding carboxylic acids is 1. The van der Waals surface area contributed by atoms with Gasteiger partial charge in [-0.3, -0.25) is 4.79 Å². The molecule has 0 spiro atoms. The van der Waals surface area contributed by atoms with E-state index in [9.17, 15) is 9.59 Å². The normalized spacial score (nSPS) is 11.9. The van der Waals surface area contributed by atoms with Gasteiger partial charge in [-0.05, 0) is 19.1 Å². The van der Waals surface area contributed by atoms with Crippen LogP contribution >= 0.6 is 0 Å². The predicted octanol–water partition coefficient (Wildman–Crippen LogP) is 0.233. The van der Waals surface area contributed by atoms with Crippen molar-refractivity contribution < 1.29 is 19.8 Å². The largest absolute Gasteiger partial charge is 0.477 e. The zero-order valence-corrected chi connectivity index (χ0v) is 9.62. The van der Waals surface area contributed by atoms with Crippen molar-refractivity contribution in [3.05, 3.63) is 29.6 Å². The molecular weight excluding hydrogens is 224 g/mol. The summed E-state index contributed by atoms with van der Waals surface area (Å²) in [4.78, 5) is 27.5. The Morgan fingerprint density at radius 1 is 1.53 bits per heavy atom. The van der Waals surface area contributed by atoms with Crippen LogP contribution in [0.15, 0.2) is 18.3 Å². The minimum Gasteiger partial charge on any atom is -0.477 e. The number of aliphatic hydroxyl groups excluding tert-OH is 1. The number of likely N-dealkylation sites (N-methyl/N-ethyl adjacent to an activating group) is 1. The number of amides is 1. The SMILES string of the molecule is CC(O)CN(C)C(=O)c1ccnc(C(=O)O)c1. The second-order valence-corrected chi connectivity index (χ2v) is 3.77. The van der Waals surface area contributed by atoms with Crippen LogP contribution in [0, 0.1) is 0 Å². The molecule has 0 aliphatic rings. The van der Waals surface area contributed by atoms with E-state index in [1.165, 1.54) is 30.3 Å². The zero-order valence-electron chi connectivity index (χ0n) is 9.62. The van der Waals surface area contributed by atoms with Gasteiger partial charge in [-0.15, -0.1) is 0 Å². The van der Waals surface area contributed by atoms with Crippen LogP contribution < -0.4 is 0 Å². The van der Waals surface area contributed by atoms with Crippen LogP contribution in [-0.4, -0.2) is 51.7 Å². The van der Waals surface area contributed by atoms with Crippen LogP contribution in [-0.2, 0) is 0 Å². The van der Waals surface area contributed by atoms with Gasteiger partial charge >= 0.3 is 5.97 Å². The summed E-state index contributed by atoms with van der Waals surface area (Å²) in [7, 11) is 1.54. The minimum atomic E-state index is -1.18. The Morgan fingerprint density at radius 2 is 2.18 bits per heavy atom. The Balaban J connectivity index is 2.89. The Bertz CT molecular complexity index is 431. The fourth-order valence-corrected chi connectivity index (χ4v) is 1.38. The first-order valence-corrected chi connectivity index (χ1v) is 5.04. The van der Waals surface area contributed by atoms with Crippen LogP contribution in [0.25, 0.3) is 0 Å². The number of aliphatic hydroxyl groups is 1. The lowest BCUT2D eigenvalue weighted by Crippen LogP contribution is -2.33. The maximum Gasteiger partial charge on any atom is 0.354 e. The number of hydrogen-bond acceptors (Lipinski definition) is 4. The van der Waals surface area contributed by atoms with Crippen LogP contribution in [0.3, 0.4) is 0 Å². The quantitative estimate of drug-likeness (QED) is 0.783. The molecule has 1 heterocycles. The highest BCUT2D eigenvalue weighted by Crippen LogP contribution is 2.06. The fraction of sp³-hybridized carbons (Fsp3) is 0.364. The molecular formula is C11H14N2O4. The third-order valence-corrected chi connectivity index (χ3v) is 2.11. The summed E-state index contributed by atoms with van der Waals surface area (Å²) in [6, 6.07) is 2.65. The van der Waals surface area contributed by atoms with Crippen LogP contribution in [0.5, 0.6) is 0 Å². The number of carboxylic acids is 1. The second kappa shape index (κ2) is 5.40. The first kappa shape index (κ1) is 13.1. The molecule has 1 atom stereocenters. The number of hydrogen-bond donors (Lipinski definition) is 2. The van der Waals surface area contributed by atoms with Crippen LogP contribution in [0.2, 0.25) is 0 Å². The van der Waals surface area contributed by atoms with Crippen LogP contribution in [0.4, 0.5) is 0 Å². The molecule has 92 valence electrons. The van der Waals surface area contributed by atoms with Gasteiger partial charge in [-0.2, -0.15) is 0 Å². The van der Waals surface area contributed by atoms with E-state index in [2.05, 4.69) is 4.98 Å². The Morgan fingerprint density at radius 3 is 2.71 bits per heavy atom. The van der Waals surface area contributed by atoms with E-state index in [1.54, 1.807) is 6.92 Å². The molecule has 6 heteroatoms. The Hall–Kier alpha value is -1.95. The van der Waals surface area contributed by atoms with Crippen molar-refractivity contribution in [2.24, 2.45) is 0 Å². The molecule has 0 aromatic carbocycles. The van der Waals surface area contributed by atoms with E-state index >= 15 is 0 Å². The van der Waals surface area contributed by atoms with Gasteiger partial charge in [0.25, 0.3) is 5.91 Å². The van der Waals surface area contributed by atoms with Crippen LogP contribution in [0.1, 0.15) is 27.8 Å². The molecule has 1 aromatic rings. The highest BCUT2D eigenvalue weighted by Gasteiger charge is 2.15. The second-order valence-electron chi connectivity index (χ2n) is 3.77. The first-order chi connectivity index (χ1) is 7.91. The molecule has 0 radical (unpaired) electrons. The van der Waals surface area contributed by atoms with Gasteiger partial charge in [0.15, 0.2) is 0 Å². The van der Waals surface area contributed by atoms with Gasteiger partial charge in [0, 0.05) is 25.4 Å². The fourth-order valence-electron chi connectivity index (χ4n) is 1.38. The smallest absolute Gasteiger partial charge is 0.354 e. The molecule has 0 aliphatic heterocycles. The molecule has 6 nitrogen and oxygen atoms in total. The Kier molecular flexibility index (Phi) is 4.17. The first-order valence-electron chi connectivity index (χ1n) is 5.04. The maximum atomic E-state index is 11.8. The summed E-state index contributed by atoms with van der Waals surface area (Å²) < 4.78 is 0. The third kappa shape index (κ3) is 3.53. The van der Waals surface area contributed by atoms with E-state index < -0.39 is 12.1 Å². The molecule has 1 unspecified atom stereocenters. The number of rotatable bonds is 4. The monoisotopic (exact) mass is 238 g/mol. The van der Waals surface area contributed by atoms with E-state index in [-0.39, 0.29) is 23.7 Å². The van der Waals surface area contributed by atoms with Crippen molar-refractivity contribution >= 4 is 11.9 Å². The average molecular weight is 238 g/mol. The molecule has 0 saturated heterocycles. The predicted molar refractivity (Wildman–Crippen MR) is 59.8 cm³/mol. The minimum absolute atomic E-state index is 0.179. The zero-order chi connectivity index (χ0) is 13.0. The molecule has 1 rings (SSSR count). The highest BCUT2D eigenvalue weighted by molar-refractivity contribution is 5.96. The number of carboxylic acid groups (broad SMARTS) is 1. The lowest BCUT2D eigenvalue weighted by Gasteiger charge is -2.18. The van der Waals surface area contributed by atoms with Crippen molar-refractivity contribution in [2.45, 2.75) is 13.0 Å².